The van der Waals surface area contributed by atoms with Gasteiger partial charge in [0.2, 0.25) is 0 Å². The van der Waals surface area contributed by atoms with E-state index in [9.17, 15) is 0 Å². The molecule has 0 aliphatic carbocycles. The molecule has 0 amide bonds. The van der Waals surface area contributed by atoms with Crippen LogP contribution in [0.25, 0.3) is 0 Å². The second-order valence-corrected chi connectivity index (χ2v) is 6.87. The first kappa shape index (κ1) is 16.6. The first-order valence-electron chi connectivity index (χ1n) is 7.42. The molecule has 0 fully saturated rings. The fourth-order valence-electron chi connectivity index (χ4n) is 2.46. The molecule has 0 aliphatic heterocycles. The van der Waals surface area contributed by atoms with Crippen LogP contribution in [0.15, 0.2) is 35.1 Å². The number of hydrogen-bond acceptors (Lipinski definition) is 4. The molecule has 2 aromatic rings. The van der Waals surface area contributed by atoms with Gasteiger partial charge in [0.25, 0.3) is 0 Å². The molecule has 0 saturated heterocycles. The van der Waals surface area contributed by atoms with Gasteiger partial charge in [0, 0.05) is 22.5 Å². The van der Waals surface area contributed by atoms with E-state index in [0.717, 1.165) is 30.1 Å². The van der Waals surface area contributed by atoms with E-state index in [1.165, 1.54) is 10.4 Å². The highest BCUT2D eigenvalue weighted by Gasteiger charge is 2.17. The number of furan rings is 1. The smallest absolute Gasteiger partial charge is 0.0950 e. The average molecular weight is 327 g/mol. The molecule has 3 nitrogen and oxygen atoms in total. The number of nitrogens with one attached hydrogen (secondary N) is 2. The molecule has 2 N–H and O–H groups in total. The normalized spacial score (nSPS) is 14.2. The lowest BCUT2D eigenvalue weighted by Crippen LogP contribution is -2.24. The van der Waals surface area contributed by atoms with Crippen molar-refractivity contribution in [3.63, 3.8) is 0 Å². The maximum Gasteiger partial charge on any atom is 0.0950 e. The lowest BCUT2D eigenvalue weighted by Gasteiger charge is -2.21. The van der Waals surface area contributed by atoms with Gasteiger partial charge in [-0.25, -0.2) is 0 Å². The van der Waals surface area contributed by atoms with Crippen LogP contribution in [0.4, 0.5) is 0 Å². The molecule has 2 unspecified atom stereocenters. The topological polar surface area (TPSA) is 37.2 Å². The fourth-order valence-corrected chi connectivity index (χ4v) is 3.66. The molecule has 0 aromatic carbocycles. The molecule has 0 radical (unpaired) electrons. The highest BCUT2D eigenvalue weighted by molar-refractivity contribution is 7.16. The zero-order valence-electron chi connectivity index (χ0n) is 12.6. The Morgan fingerprint density at radius 1 is 1.24 bits per heavy atom. The van der Waals surface area contributed by atoms with Crippen molar-refractivity contribution in [2.24, 2.45) is 0 Å². The van der Waals surface area contributed by atoms with Crippen LogP contribution in [0.3, 0.4) is 0 Å². The first-order valence-corrected chi connectivity index (χ1v) is 8.62. The molecule has 0 aliphatic rings. The van der Waals surface area contributed by atoms with Gasteiger partial charge >= 0.3 is 0 Å². The Bertz CT molecular complexity index is 512. The fraction of sp³-hybridized carbons (Fsp3) is 0.500. The summed E-state index contributed by atoms with van der Waals surface area (Å²) in [4.78, 5) is 1.30. The van der Waals surface area contributed by atoms with Crippen molar-refractivity contribution >= 4 is 22.9 Å². The van der Waals surface area contributed by atoms with Crippen molar-refractivity contribution in [3.8, 4) is 0 Å². The van der Waals surface area contributed by atoms with Crippen LogP contribution in [0, 0.1) is 0 Å². The molecule has 0 bridgehead atoms. The third kappa shape index (κ3) is 4.85. The van der Waals surface area contributed by atoms with Gasteiger partial charge in [0.1, 0.15) is 0 Å². The van der Waals surface area contributed by atoms with E-state index in [-0.39, 0.29) is 0 Å². The summed E-state index contributed by atoms with van der Waals surface area (Å²) in [5, 5.41) is 6.99. The summed E-state index contributed by atoms with van der Waals surface area (Å²) in [5.74, 6) is 0. The number of hydrogen-bond donors (Lipinski definition) is 2. The molecule has 116 valence electrons. The standard InChI is InChI=1S/C16H23ClN2OS/c1-3-9-19-13(12-8-10-20-11-12)4-5-14(18-2)15-6-7-16(17)21-15/h6-8,10-11,13-14,18-19H,3-5,9H2,1-2H3. The van der Waals surface area contributed by atoms with Crippen molar-refractivity contribution < 1.29 is 4.42 Å². The molecule has 2 atom stereocenters. The monoisotopic (exact) mass is 326 g/mol. The predicted octanol–water partition coefficient (Wildman–Crippen LogP) is 4.78. The van der Waals surface area contributed by atoms with Crippen LogP contribution < -0.4 is 10.6 Å². The van der Waals surface area contributed by atoms with Crippen LogP contribution in [-0.2, 0) is 0 Å². The minimum absolute atomic E-state index is 0.343. The van der Waals surface area contributed by atoms with E-state index in [0.29, 0.717) is 12.1 Å². The van der Waals surface area contributed by atoms with E-state index in [1.807, 2.05) is 25.4 Å². The van der Waals surface area contributed by atoms with Crippen molar-refractivity contribution in [2.75, 3.05) is 13.6 Å². The zero-order valence-corrected chi connectivity index (χ0v) is 14.1. The van der Waals surface area contributed by atoms with E-state index < -0.39 is 0 Å². The Kier molecular flexibility index (Phi) is 6.77. The van der Waals surface area contributed by atoms with Crippen LogP contribution >= 0.6 is 22.9 Å². The zero-order chi connectivity index (χ0) is 15.1. The molecule has 0 spiro atoms. The van der Waals surface area contributed by atoms with Crippen LogP contribution in [0.5, 0.6) is 0 Å². The summed E-state index contributed by atoms with van der Waals surface area (Å²) < 4.78 is 6.07. The van der Waals surface area contributed by atoms with E-state index in [4.69, 9.17) is 16.0 Å². The Hall–Kier alpha value is -0.810. The lowest BCUT2D eigenvalue weighted by atomic mass is 10.0. The molecule has 2 aromatic heterocycles. The Balaban J connectivity index is 1.96. The summed E-state index contributed by atoms with van der Waals surface area (Å²) in [6, 6.07) is 6.81. The Labute approximate surface area is 135 Å². The molecule has 2 rings (SSSR count). The minimum Gasteiger partial charge on any atom is -0.472 e. The van der Waals surface area contributed by atoms with Gasteiger partial charge in [-0.05, 0) is 51.1 Å². The predicted molar refractivity (Wildman–Crippen MR) is 90.1 cm³/mol. The van der Waals surface area contributed by atoms with Crippen molar-refractivity contribution in [3.05, 3.63) is 45.5 Å². The van der Waals surface area contributed by atoms with Crippen molar-refractivity contribution in [2.45, 2.75) is 38.3 Å². The number of rotatable bonds is 9. The molecular weight excluding hydrogens is 304 g/mol. The van der Waals surface area contributed by atoms with Crippen LogP contribution in [-0.4, -0.2) is 13.6 Å². The number of thiophene rings is 1. The summed E-state index contributed by atoms with van der Waals surface area (Å²) in [7, 11) is 2.00. The minimum atomic E-state index is 0.343. The van der Waals surface area contributed by atoms with Gasteiger partial charge < -0.3 is 15.1 Å². The molecule has 5 heteroatoms. The SMILES string of the molecule is CCCNC(CCC(NC)c1ccc(Cl)s1)c1ccoc1. The molecule has 2 heterocycles. The maximum absolute atomic E-state index is 6.04. The van der Waals surface area contributed by atoms with Crippen molar-refractivity contribution in [1.29, 1.82) is 0 Å². The quantitative estimate of drug-likeness (QED) is 0.696. The molecule has 0 saturated carbocycles. The van der Waals surface area contributed by atoms with E-state index in [2.05, 4.69) is 23.6 Å². The van der Waals surface area contributed by atoms with Gasteiger partial charge in [-0.2, -0.15) is 0 Å². The van der Waals surface area contributed by atoms with Crippen molar-refractivity contribution in [1.82, 2.24) is 10.6 Å². The Morgan fingerprint density at radius 2 is 2.05 bits per heavy atom. The van der Waals surface area contributed by atoms with E-state index in [1.54, 1.807) is 17.6 Å². The van der Waals surface area contributed by atoms with Crippen LogP contribution in [0.2, 0.25) is 4.34 Å². The van der Waals surface area contributed by atoms with Gasteiger partial charge in [0.15, 0.2) is 0 Å². The van der Waals surface area contributed by atoms with Gasteiger partial charge in [-0.15, -0.1) is 11.3 Å². The maximum atomic E-state index is 6.04. The average Bonchev–Trinajstić information content (AvgIpc) is 3.14. The number of halogens is 1. The second-order valence-electron chi connectivity index (χ2n) is 5.12. The second kappa shape index (κ2) is 8.59. The highest BCUT2D eigenvalue weighted by Crippen LogP contribution is 2.31. The summed E-state index contributed by atoms with van der Waals surface area (Å²) >= 11 is 7.69. The summed E-state index contributed by atoms with van der Waals surface area (Å²) in [6.45, 7) is 3.20. The largest absolute Gasteiger partial charge is 0.472 e. The molecule has 21 heavy (non-hydrogen) atoms. The summed E-state index contributed by atoms with van der Waals surface area (Å²) in [5.41, 5.74) is 1.22. The van der Waals surface area contributed by atoms with Gasteiger partial charge in [-0.1, -0.05) is 18.5 Å². The third-order valence-electron chi connectivity index (χ3n) is 3.62. The highest BCUT2D eigenvalue weighted by atomic mass is 35.5. The first-order chi connectivity index (χ1) is 10.2. The molecular formula is C16H23ClN2OS. The third-order valence-corrected chi connectivity index (χ3v) is 4.96. The van der Waals surface area contributed by atoms with Gasteiger partial charge in [-0.3, -0.25) is 0 Å². The van der Waals surface area contributed by atoms with E-state index >= 15 is 0 Å². The van der Waals surface area contributed by atoms with Crippen LogP contribution in [0.1, 0.15) is 48.7 Å². The Morgan fingerprint density at radius 3 is 2.62 bits per heavy atom. The van der Waals surface area contributed by atoms with Gasteiger partial charge in [0.05, 0.1) is 16.9 Å². The lowest BCUT2D eigenvalue weighted by molar-refractivity contribution is 0.434. The summed E-state index contributed by atoms with van der Waals surface area (Å²) in [6.07, 6.45) is 6.82.